The van der Waals surface area contributed by atoms with Crippen LogP contribution in [0.3, 0.4) is 0 Å². The number of methoxy groups -OCH3 is 1. The zero-order valence-electron chi connectivity index (χ0n) is 14.9. The minimum Gasteiger partial charge on any atom is -0.495 e. The Kier molecular flexibility index (Phi) is 6.18. The van der Waals surface area contributed by atoms with Crippen LogP contribution in [0.5, 0.6) is 5.75 Å². The van der Waals surface area contributed by atoms with E-state index >= 15 is 0 Å². The first-order valence-electron chi connectivity index (χ1n) is 8.67. The molecule has 1 fully saturated rings. The van der Waals surface area contributed by atoms with Gasteiger partial charge in [0, 0.05) is 23.1 Å². The van der Waals surface area contributed by atoms with Gasteiger partial charge in [-0.15, -0.1) is 0 Å². The Hall–Kier alpha value is -1.90. The molecule has 1 aliphatic heterocycles. The SMILES string of the molecule is COc1ccc(C(=O)Nc2ccccc2Br)cc1S(=O)(=O)N1CCCCC1. The first kappa shape index (κ1) is 19.9. The summed E-state index contributed by atoms with van der Waals surface area (Å²) in [6.45, 7) is 0.970. The number of ether oxygens (including phenoxy) is 1. The van der Waals surface area contributed by atoms with Crippen LogP contribution in [0.25, 0.3) is 0 Å². The number of amides is 1. The lowest BCUT2D eigenvalue weighted by atomic mass is 10.2. The van der Waals surface area contributed by atoms with Crippen molar-refractivity contribution in [3.8, 4) is 5.75 Å². The zero-order valence-corrected chi connectivity index (χ0v) is 17.3. The van der Waals surface area contributed by atoms with E-state index in [1.54, 1.807) is 18.2 Å². The molecule has 6 nitrogen and oxygen atoms in total. The van der Waals surface area contributed by atoms with E-state index in [1.165, 1.54) is 23.5 Å². The minimum absolute atomic E-state index is 0.0201. The molecule has 0 spiro atoms. The summed E-state index contributed by atoms with van der Waals surface area (Å²) in [5, 5.41) is 2.79. The molecule has 1 saturated heterocycles. The lowest BCUT2D eigenvalue weighted by molar-refractivity contribution is 0.102. The predicted octanol–water partition coefficient (Wildman–Crippen LogP) is 3.88. The molecule has 0 saturated carbocycles. The third-order valence-corrected chi connectivity index (χ3v) is 7.09. The molecular formula is C19H21BrN2O4S. The standard InChI is InChI=1S/C19H21BrN2O4S/c1-26-17-10-9-14(19(23)21-16-8-4-3-7-15(16)20)13-18(17)27(24,25)22-11-5-2-6-12-22/h3-4,7-10,13H,2,5-6,11-12H2,1H3,(H,21,23). The van der Waals surface area contributed by atoms with Gasteiger partial charge in [-0.3, -0.25) is 4.79 Å². The number of carbonyl (C=O) groups excluding carboxylic acids is 1. The highest BCUT2D eigenvalue weighted by Gasteiger charge is 2.29. The molecule has 0 bridgehead atoms. The van der Waals surface area contributed by atoms with Gasteiger partial charge in [0.05, 0.1) is 12.8 Å². The van der Waals surface area contributed by atoms with Gasteiger partial charge in [0.15, 0.2) is 0 Å². The minimum atomic E-state index is -3.72. The average molecular weight is 453 g/mol. The number of benzene rings is 2. The first-order chi connectivity index (χ1) is 12.9. The lowest BCUT2D eigenvalue weighted by Crippen LogP contribution is -2.35. The molecule has 0 aliphatic carbocycles. The number of hydrogen-bond acceptors (Lipinski definition) is 4. The normalized spacial score (nSPS) is 15.3. The van der Waals surface area contributed by atoms with Crippen LogP contribution in [-0.4, -0.2) is 38.8 Å². The molecule has 1 heterocycles. The van der Waals surface area contributed by atoms with Gasteiger partial charge in [0.1, 0.15) is 10.6 Å². The maximum Gasteiger partial charge on any atom is 0.255 e. The molecule has 144 valence electrons. The molecule has 0 atom stereocenters. The highest BCUT2D eigenvalue weighted by molar-refractivity contribution is 9.10. The molecule has 1 N–H and O–H groups in total. The van der Waals surface area contributed by atoms with Crippen molar-refractivity contribution in [1.29, 1.82) is 0 Å². The molecule has 3 rings (SSSR count). The fourth-order valence-corrected chi connectivity index (χ4v) is 5.10. The highest BCUT2D eigenvalue weighted by Crippen LogP contribution is 2.30. The van der Waals surface area contributed by atoms with Crippen molar-refractivity contribution in [2.45, 2.75) is 24.2 Å². The molecule has 1 amide bonds. The van der Waals surface area contributed by atoms with Crippen LogP contribution in [0.1, 0.15) is 29.6 Å². The quantitative estimate of drug-likeness (QED) is 0.746. The number of rotatable bonds is 5. The Bertz CT molecular complexity index is 940. The van der Waals surface area contributed by atoms with Gasteiger partial charge in [-0.2, -0.15) is 4.31 Å². The third-order valence-electron chi connectivity index (χ3n) is 4.48. The molecular weight excluding hydrogens is 432 g/mol. The average Bonchev–Trinajstić information content (AvgIpc) is 2.69. The van der Waals surface area contributed by atoms with Crippen molar-refractivity contribution in [1.82, 2.24) is 4.31 Å². The number of sulfonamides is 1. The molecule has 0 radical (unpaired) electrons. The van der Waals surface area contributed by atoms with E-state index in [1.807, 2.05) is 12.1 Å². The van der Waals surface area contributed by atoms with Crippen molar-refractivity contribution in [3.05, 3.63) is 52.5 Å². The second-order valence-electron chi connectivity index (χ2n) is 6.26. The summed E-state index contributed by atoms with van der Waals surface area (Å²) in [6, 6.07) is 11.7. The Balaban J connectivity index is 1.93. The van der Waals surface area contributed by atoms with E-state index in [0.29, 0.717) is 18.8 Å². The molecule has 0 unspecified atom stereocenters. The van der Waals surface area contributed by atoms with E-state index in [0.717, 1.165) is 23.7 Å². The number of nitrogens with one attached hydrogen (secondary N) is 1. The van der Waals surface area contributed by atoms with Crippen molar-refractivity contribution >= 4 is 37.5 Å². The largest absolute Gasteiger partial charge is 0.495 e. The molecule has 2 aromatic rings. The summed E-state index contributed by atoms with van der Waals surface area (Å²) in [5.41, 5.74) is 0.862. The van der Waals surface area contributed by atoms with E-state index in [9.17, 15) is 13.2 Å². The molecule has 27 heavy (non-hydrogen) atoms. The summed E-state index contributed by atoms with van der Waals surface area (Å²) in [6.07, 6.45) is 2.70. The van der Waals surface area contributed by atoms with Gasteiger partial charge >= 0.3 is 0 Å². The highest BCUT2D eigenvalue weighted by atomic mass is 79.9. The second-order valence-corrected chi connectivity index (χ2v) is 9.03. The number of hydrogen-bond donors (Lipinski definition) is 1. The first-order valence-corrected chi connectivity index (χ1v) is 10.9. The number of carbonyl (C=O) groups is 1. The maximum absolute atomic E-state index is 13.1. The van der Waals surface area contributed by atoms with Crippen LogP contribution in [0.4, 0.5) is 5.69 Å². The number of para-hydroxylation sites is 1. The van der Waals surface area contributed by atoms with Crippen LogP contribution >= 0.6 is 15.9 Å². The molecule has 2 aromatic carbocycles. The predicted molar refractivity (Wildman–Crippen MR) is 108 cm³/mol. The van der Waals surface area contributed by atoms with Gasteiger partial charge in [-0.1, -0.05) is 18.6 Å². The van der Waals surface area contributed by atoms with E-state index in [2.05, 4.69) is 21.2 Å². The topological polar surface area (TPSA) is 75.7 Å². The smallest absolute Gasteiger partial charge is 0.255 e. The Morgan fingerprint density at radius 1 is 1.11 bits per heavy atom. The monoisotopic (exact) mass is 452 g/mol. The van der Waals surface area contributed by atoms with E-state index < -0.39 is 10.0 Å². The fraction of sp³-hybridized carbons (Fsp3) is 0.316. The summed E-state index contributed by atoms with van der Waals surface area (Å²) in [5.74, 6) is -0.155. The molecule has 8 heteroatoms. The summed E-state index contributed by atoms with van der Waals surface area (Å²) >= 11 is 3.38. The van der Waals surface area contributed by atoms with Crippen molar-refractivity contribution in [2.24, 2.45) is 0 Å². The number of halogens is 1. The van der Waals surface area contributed by atoms with Gasteiger partial charge < -0.3 is 10.1 Å². The van der Waals surface area contributed by atoms with Crippen molar-refractivity contribution in [3.63, 3.8) is 0 Å². The van der Waals surface area contributed by atoms with Crippen molar-refractivity contribution < 1.29 is 17.9 Å². The van der Waals surface area contributed by atoms with E-state index in [4.69, 9.17) is 4.74 Å². The van der Waals surface area contributed by atoms with Gasteiger partial charge in [0.2, 0.25) is 10.0 Å². The van der Waals surface area contributed by atoms with Gasteiger partial charge in [-0.25, -0.2) is 8.42 Å². The fourth-order valence-electron chi connectivity index (χ4n) is 3.02. The van der Waals surface area contributed by atoms with E-state index in [-0.39, 0.29) is 22.1 Å². The zero-order chi connectivity index (χ0) is 19.4. The summed E-state index contributed by atoms with van der Waals surface area (Å²) < 4.78 is 33.6. The summed E-state index contributed by atoms with van der Waals surface area (Å²) in [7, 11) is -2.30. The van der Waals surface area contributed by atoms with Gasteiger partial charge in [0.25, 0.3) is 5.91 Å². The van der Waals surface area contributed by atoms with Crippen LogP contribution in [0.2, 0.25) is 0 Å². The number of piperidine rings is 1. The molecule has 0 aromatic heterocycles. The second kappa shape index (κ2) is 8.41. The Labute approximate surface area is 167 Å². The van der Waals surface area contributed by atoms with Crippen LogP contribution in [0, 0.1) is 0 Å². The number of anilines is 1. The Morgan fingerprint density at radius 3 is 2.48 bits per heavy atom. The lowest BCUT2D eigenvalue weighted by Gasteiger charge is -2.26. The Morgan fingerprint density at radius 2 is 1.81 bits per heavy atom. The van der Waals surface area contributed by atoms with Crippen molar-refractivity contribution in [2.75, 3.05) is 25.5 Å². The third kappa shape index (κ3) is 4.34. The maximum atomic E-state index is 13.1. The van der Waals surface area contributed by atoms with Crippen LogP contribution < -0.4 is 10.1 Å². The van der Waals surface area contributed by atoms with Crippen LogP contribution in [0.15, 0.2) is 51.8 Å². The number of nitrogens with zero attached hydrogens (tertiary/aromatic N) is 1. The molecule has 1 aliphatic rings. The van der Waals surface area contributed by atoms with Gasteiger partial charge in [-0.05, 0) is 59.1 Å². The van der Waals surface area contributed by atoms with Crippen LogP contribution in [-0.2, 0) is 10.0 Å². The summed E-state index contributed by atoms with van der Waals surface area (Å²) in [4.78, 5) is 12.7.